The number of nitrogens with one attached hydrogen (secondary N) is 2. The molecule has 0 spiro atoms. The molecule has 0 saturated heterocycles. The highest BCUT2D eigenvalue weighted by Gasteiger charge is 2.29. The van der Waals surface area contributed by atoms with E-state index in [2.05, 4.69) is 10.9 Å². The summed E-state index contributed by atoms with van der Waals surface area (Å²) in [5, 5.41) is 22.0. The van der Waals surface area contributed by atoms with Gasteiger partial charge in [-0.25, -0.2) is 10.9 Å². The average Bonchev–Trinajstić information content (AvgIpc) is 2.79. The van der Waals surface area contributed by atoms with Crippen molar-refractivity contribution in [1.29, 1.82) is 0 Å². The SMILES string of the molecule is CC(C)(C)c1cc(CC([C]=O)NNC([C]=O)Cc2cc(C(C)(C)C)c(O)c(C(C)(C)C)c2)cc(C(C)(C)C)c1O. The van der Waals surface area contributed by atoms with Crippen LogP contribution in [0.25, 0.3) is 0 Å². The highest BCUT2D eigenvalue weighted by Crippen LogP contribution is 2.41. The molecule has 2 aromatic rings. The summed E-state index contributed by atoms with van der Waals surface area (Å²) in [6, 6.07) is 6.32. The summed E-state index contributed by atoms with van der Waals surface area (Å²) in [5.41, 5.74) is 9.88. The van der Waals surface area contributed by atoms with E-state index in [1.807, 2.05) is 120 Å². The normalized spacial score (nSPS) is 14.6. The Morgan fingerprint density at radius 3 is 0.950 bits per heavy atom. The number of hydrogen-bond acceptors (Lipinski definition) is 6. The molecular weight excluding hydrogens is 500 g/mol. The fourth-order valence-electron chi connectivity index (χ4n) is 4.83. The van der Waals surface area contributed by atoms with Crippen LogP contribution in [-0.2, 0) is 44.1 Å². The van der Waals surface area contributed by atoms with Crippen LogP contribution in [0.5, 0.6) is 11.5 Å². The third kappa shape index (κ3) is 8.40. The van der Waals surface area contributed by atoms with Gasteiger partial charge >= 0.3 is 0 Å². The van der Waals surface area contributed by atoms with Gasteiger partial charge in [0, 0.05) is 0 Å². The summed E-state index contributed by atoms with van der Waals surface area (Å²) in [6.45, 7) is 24.6. The van der Waals surface area contributed by atoms with Gasteiger partial charge in [0.2, 0.25) is 12.6 Å². The third-order valence-corrected chi connectivity index (χ3v) is 7.17. The Bertz CT molecular complexity index is 1040. The Labute approximate surface area is 241 Å². The summed E-state index contributed by atoms with van der Waals surface area (Å²) in [7, 11) is 0. The molecule has 0 aliphatic carbocycles. The molecule has 2 aromatic carbocycles. The van der Waals surface area contributed by atoms with E-state index in [1.165, 1.54) is 0 Å². The molecule has 0 fully saturated rings. The highest BCUT2D eigenvalue weighted by atomic mass is 16.3. The second-order valence-corrected chi connectivity index (χ2v) is 15.1. The van der Waals surface area contributed by atoms with Gasteiger partial charge in [0.05, 0.1) is 12.1 Å². The minimum Gasteiger partial charge on any atom is -0.507 e. The van der Waals surface area contributed by atoms with Gasteiger partial charge in [-0.1, -0.05) is 107 Å². The molecule has 0 bridgehead atoms. The first-order valence-corrected chi connectivity index (χ1v) is 14.1. The zero-order valence-electron chi connectivity index (χ0n) is 26.6. The monoisotopic (exact) mass is 550 g/mol. The van der Waals surface area contributed by atoms with E-state index in [1.54, 1.807) is 0 Å². The average molecular weight is 551 g/mol. The molecule has 2 radical (unpaired) electrons. The fraction of sp³-hybridized carbons (Fsp3) is 0.588. The van der Waals surface area contributed by atoms with Crippen LogP contribution in [0, 0.1) is 0 Å². The number of hydrazine groups is 1. The second kappa shape index (κ2) is 12.0. The predicted molar refractivity (Wildman–Crippen MR) is 164 cm³/mol. The predicted octanol–water partition coefficient (Wildman–Crippen LogP) is 6.12. The summed E-state index contributed by atoms with van der Waals surface area (Å²) >= 11 is 0. The Kier molecular flexibility index (Phi) is 10.1. The fourth-order valence-corrected chi connectivity index (χ4v) is 4.83. The molecule has 2 atom stereocenters. The molecule has 0 aliphatic heterocycles. The van der Waals surface area contributed by atoms with E-state index < -0.39 is 12.1 Å². The van der Waals surface area contributed by atoms with Crippen molar-refractivity contribution >= 4 is 12.6 Å². The molecule has 0 aliphatic rings. The van der Waals surface area contributed by atoms with E-state index in [9.17, 15) is 19.8 Å². The topological polar surface area (TPSA) is 98.7 Å². The van der Waals surface area contributed by atoms with Gasteiger partial charge in [0.25, 0.3) is 0 Å². The smallest absolute Gasteiger partial charge is 0.218 e. The van der Waals surface area contributed by atoms with Crippen LogP contribution in [0.1, 0.15) is 116 Å². The number of rotatable bonds is 9. The van der Waals surface area contributed by atoms with Crippen LogP contribution in [0.3, 0.4) is 0 Å². The lowest BCUT2D eigenvalue weighted by Crippen LogP contribution is -2.49. The van der Waals surface area contributed by atoms with Crippen LogP contribution in [0.4, 0.5) is 0 Å². The number of aromatic hydroxyl groups is 2. The van der Waals surface area contributed by atoms with Gasteiger partial charge < -0.3 is 10.2 Å². The summed E-state index contributed by atoms with van der Waals surface area (Å²) < 4.78 is 0. The number of phenols is 2. The van der Waals surface area contributed by atoms with E-state index >= 15 is 0 Å². The van der Waals surface area contributed by atoms with E-state index in [-0.39, 0.29) is 33.2 Å². The molecule has 2 unspecified atom stereocenters. The number of carbonyl (C=O) groups excluding carboxylic acids is 2. The van der Waals surface area contributed by atoms with Crippen molar-refractivity contribution in [3.8, 4) is 11.5 Å². The number of phenolic OH excluding ortho intramolecular Hbond substituents is 2. The summed E-state index contributed by atoms with van der Waals surface area (Å²) in [5.74, 6) is 0.575. The molecule has 6 heteroatoms. The lowest BCUT2D eigenvalue weighted by Gasteiger charge is -2.29. The minimum atomic E-state index is -0.726. The Balaban J connectivity index is 2.31. The van der Waals surface area contributed by atoms with Gasteiger partial charge in [-0.05, 0) is 67.9 Å². The van der Waals surface area contributed by atoms with E-state index in [0.29, 0.717) is 12.8 Å². The van der Waals surface area contributed by atoms with Crippen molar-refractivity contribution in [3.63, 3.8) is 0 Å². The van der Waals surface area contributed by atoms with Crippen LogP contribution in [0.2, 0.25) is 0 Å². The Morgan fingerprint density at radius 2 is 0.775 bits per heavy atom. The maximum atomic E-state index is 11.9. The van der Waals surface area contributed by atoms with Crippen LogP contribution >= 0.6 is 0 Å². The van der Waals surface area contributed by atoms with Crippen LogP contribution in [-0.4, -0.2) is 34.9 Å². The zero-order chi connectivity index (χ0) is 30.8. The van der Waals surface area contributed by atoms with Crippen molar-refractivity contribution in [2.75, 3.05) is 0 Å². The molecule has 6 nitrogen and oxygen atoms in total. The molecule has 0 saturated carbocycles. The Morgan fingerprint density at radius 1 is 0.550 bits per heavy atom. The number of hydrogen-bond donors (Lipinski definition) is 4. The highest BCUT2D eigenvalue weighted by molar-refractivity contribution is 5.62. The van der Waals surface area contributed by atoms with Crippen molar-refractivity contribution in [2.45, 2.75) is 130 Å². The quantitative estimate of drug-likeness (QED) is 0.281. The van der Waals surface area contributed by atoms with Gasteiger partial charge in [-0.15, -0.1) is 0 Å². The maximum absolute atomic E-state index is 11.9. The standard InChI is InChI=1S/C34H50N2O4/c1-31(2,3)25-15-21(16-26(29(25)39)32(4,5)6)13-23(19-37)35-36-24(20-38)14-22-17-27(33(7,8)9)30(40)28(18-22)34(10,11)12/h15-18,23-24,35-36,39-40H,13-14H2,1-12H3. The molecule has 0 heterocycles. The summed E-state index contributed by atoms with van der Waals surface area (Å²) in [4.78, 5) is 23.9. The molecule has 220 valence electrons. The molecule has 0 aromatic heterocycles. The van der Waals surface area contributed by atoms with Gasteiger partial charge in [0.1, 0.15) is 11.5 Å². The zero-order valence-corrected chi connectivity index (χ0v) is 26.6. The second-order valence-electron chi connectivity index (χ2n) is 15.1. The number of benzene rings is 2. The molecule has 2 rings (SSSR count). The molecule has 40 heavy (non-hydrogen) atoms. The van der Waals surface area contributed by atoms with Crippen LogP contribution < -0.4 is 10.9 Å². The lowest BCUT2D eigenvalue weighted by atomic mass is 9.78. The van der Waals surface area contributed by atoms with Crippen molar-refractivity contribution in [3.05, 3.63) is 57.6 Å². The van der Waals surface area contributed by atoms with Crippen molar-refractivity contribution in [2.24, 2.45) is 0 Å². The first-order valence-electron chi connectivity index (χ1n) is 14.1. The lowest BCUT2D eigenvalue weighted by molar-refractivity contribution is 0.414. The molecule has 0 amide bonds. The largest absolute Gasteiger partial charge is 0.507 e. The van der Waals surface area contributed by atoms with E-state index in [4.69, 9.17) is 0 Å². The molecule has 4 N–H and O–H groups in total. The minimum absolute atomic E-state index is 0.286. The third-order valence-electron chi connectivity index (χ3n) is 7.17. The first kappa shape index (κ1) is 33.5. The van der Waals surface area contributed by atoms with Crippen LogP contribution in [0.15, 0.2) is 24.3 Å². The van der Waals surface area contributed by atoms with Crippen molar-refractivity contribution in [1.82, 2.24) is 10.9 Å². The van der Waals surface area contributed by atoms with Gasteiger partial charge in [0.15, 0.2) is 0 Å². The van der Waals surface area contributed by atoms with Gasteiger partial charge in [-0.2, -0.15) is 0 Å². The molecular formula is C34H50N2O4. The Hall–Kier alpha value is -2.70. The van der Waals surface area contributed by atoms with Gasteiger partial charge in [-0.3, -0.25) is 9.59 Å². The first-order chi connectivity index (χ1) is 18.1. The maximum Gasteiger partial charge on any atom is 0.218 e. The van der Waals surface area contributed by atoms with E-state index in [0.717, 1.165) is 33.4 Å². The van der Waals surface area contributed by atoms with Crippen molar-refractivity contribution < 1.29 is 19.8 Å². The summed E-state index contributed by atoms with van der Waals surface area (Å²) in [6.07, 6.45) is 4.74.